The first kappa shape index (κ1) is 14.8. The zero-order valence-corrected chi connectivity index (χ0v) is 13.9. The summed E-state index contributed by atoms with van der Waals surface area (Å²) in [5.41, 5.74) is 3.04. The van der Waals surface area contributed by atoms with Crippen LogP contribution in [0.1, 0.15) is 54.6 Å². The lowest BCUT2D eigenvalue weighted by Gasteiger charge is -2.14. The molecule has 0 radical (unpaired) electrons. The molecule has 1 aromatic heterocycles. The molecule has 0 aliphatic heterocycles. The zero-order chi connectivity index (χ0) is 14.8. The Bertz CT molecular complexity index is 617. The maximum Gasteiger partial charge on any atom is 0.0849 e. The number of nitrogens with zero attached hydrogens (tertiary/aromatic N) is 2. The lowest BCUT2D eigenvalue weighted by Crippen LogP contribution is -2.08. The summed E-state index contributed by atoms with van der Waals surface area (Å²) in [5, 5.41) is 15.1. The van der Waals surface area contributed by atoms with Crippen LogP contribution in [0.3, 0.4) is 0 Å². The molecule has 1 fully saturated rings. The van der Waals surface area contributed by atoms with Crippen molar-refractivity contribution in [1.29, 1.82) is 0 Å². The van der Waals surface area contributed by atoms with Crippen molar-refractivity contribution >= 4 is 15.9 Å². The van der Waals surface area contributed by atoms with Crippen molar-refractivity contribution in [3.8, 4) is 0 Å². The van der Waals surface area contributed by atoms with E-state index in [2.05, 4.69) is 31.9 Å². The van der Waals surface area contributed by atoms with Gasteiger partial charge in [0.25, 0.3) is 0 Å². The van der Waals surface area contributed by atoms with E-state index in [9.17, 15) is 5.11 Å². The second-order valence-electron chi connectivity index (χ2n) is 5.90. The van der Waals surface area contributed by atoms with Gasteiger partial charge in [0.15, 0.2) is 0 Å². The molecule has 1 saturated carbocycles. The second-order valence-corrected chi connectivity index (χ2v) is 6.75. The van der Waals surface area contributed by atoms with E-state index >= 15 is 0 Å². The largest absolute Gasteiger partial charge is 0.388 e. The number of hydrogen-bond donors (Lipinski definition) is 1. The molecule has 0 spiro atoms. The lowest BCUT2D eigenvalue weighted by molar-refractivity contribution is 0.176. The monoisotopic (exact) mass is 348 g/mol. The molecule has 1 atom stereocenters. The van der Waals surface area contributed by atoms with Gasteiger partial charge in [-0.25, -0.2) is 0 Å². The molecule has 1 N–H and O–H groups in total. The van der Waals surface area contributed by atoms with Gasteiger partial charge in [-0.2, -0.15) is 5.10 Å². The van der Waals surface area contributed by atoms with Crippen LogP contribution in [0.25, 0.3) is 0 Å². The van der Waals surface area contributed by atoms with Gasteiger partial charge in [-0.15, -0.1) is 0 Å². The first-order valence-corrected chi connectivity index (χ1v) is 8.41. The molecule has 2 aromatic rings. The Morgan fingerprint density at radius 3 is 2.86 bits per heavy atom. The SMILES string of the molecule is Cc1c(Br)cccc1C(O)Cc1ccn(C2CCCC2)n1. The first-order chi connectivity index (χ1) is 10.1. The summed E-state index contributed by atoms with van der Waals surface area (Å²) in [4.78, 5) is 0. The van der Waals surface area contributed by atoms with E-state index in [0.29, 0.717) is 12.5 Å². The summed E-state index contributed by atoms with van der Waals surface area (Å²) in [6.07, 6.45) is 7.19. The summed E-state index contributed by atoms with van der Waals surface area (Å²) in [7, 11) is 0. The minimum atomic E-state index is -0.505. The van der Waals surface area contributed by atoms with Gasteiger partial charge >= 0.3 is 0 Å². The minimum Gasteiger partial charge on any atom is -0.388 e. The number of rotatable bonds is 4. The third kappa shape index (κ3) is 3.22. The number of halogens is 1. The van der Waals surface area contributed by atoms with Gasteiger partial charge in [0.2, 0.25) is 0 Å². The van der Waals surface area contributed by atoms with E-state index in [4.69, 9.17) is 0 Å². The Kier molecular flexibility index (Phi) is 4.45. The van der Waals surface area contributed by atoms with E-state index in [0.717, 1.165) is 21.3 Å². The van der Waals surface area contributed by atoms with Crippen LogP contribution in [0.4, 0.5) is 0 Å². The number of benzene rings is 1. The smallest absolute Gasteiger partial charge is 0.0849 e. The van der Waals surface area contributed by atoms with Crippen LogP contribution in [0.15, 0.2) is 34.9 Å². The third-order valence-corrected chi connectivity index (χ3v) is 5.29. The minimum absolute atomic E-state index is 0.505. The fraction of sp³-hybridized carbons (Fsp3) is 0.471. The lowest BCUT2D eigenvalue weighted by atomic mass is 10.0. The molecule has 1 aliphatic rings. The quantitative estimate of drug-likeness (QED) is 0.891. The van der Waals surface area contributed by atoms with Crippen molar-refractivity contribution < 1.29 is 5.11 Å². The standard InChI is InChI=1S/C17H21BrN2O/c1-12-15(7-4-8-16(12)18)17(21)11-13-9-10-20(19-13)14-5-2-3-6-14/h4,7-10,14,17,21H,2-3,5-6,11H2,1H3. The highest BCUT2D eigenvalue weighted by Crippen LogP contribution is 2.30. The number of aliphatic hydroxyl groups excluding tert-OH is 1. The molecule has 0 bridgehead atoms. The summed E-state index contributed by atoms with van der Waals surface area (Å²) in [6, 6.07) is 8.55. The summed E-state index contributed by atoms with van der Waals surface area (Å²) < 4.78 is 3.12. The van der Waals surface area contributed by atoms with E-state index in [-0.39, 0.29) is 0 Å². The first-order valence-electron chi connectivity index (χ1n) is 7.62. The fourth-order valence-corrected chi connectivity index (χ4v) is 3.53. The van der Waals surface area contributed by atoms with Crippen molar-refractivity contribution in [2.45, 2.75) is 51.2 Å². The van der Waals surface area contributed by atoms with Crippen LogP contribution in [-0.2, 0) is 6.42 Å². The van der Waals surface area contributed by atoms with Crippen molar-refractivity contribution in [2.24, 2.45) is 0 Å². The van der Waals surface area contributed by atoms with E-state index < -0.39 is 6.10 Å². The number of aromatic nitrogens is 2. The van der Waals surface area contributed by atoms with Crippen molar-refractivity contribution in [2.75, 3.05) is 0 Å². The molecule has 0 saturated heterocycles. The molecular formula is C17H21BrN2O. The van der Waals surface area contributed by atoms with E-state index in [1.807, 2.05) is 31.2 Å². The van der Waals surface area contributed by atoms with Gasteiger partial charge in [0.1, 0.15) is 0 Å². The normalized spacial score (nSPS) is 17.3. The summed E-state index contributed by atoms with van der Waals surface area (Å²) >= 11 is 3.52. The summed E-state index contributed by atoms with van der Waals surface area (Å²) in [6.45, 7) is 2.03. The molecule has 1 aliphatic carbocycles. The summed E-state index contributed by atoms with van der Waals surface area (Å²) in [5.74, 6) is 0. The molecular weight excluding hydrogens is 328 g/mol. The van der Waals surface area contributed by atoms with Crippen molar-refractivity contribution in [3.63, 3.8) is 0 Å². The highest BCUT2D eigenvalue weighted by Gasteiger charge is 2.19. The Morgan fingerprint density at radius 2 is 2.10 bits per heavy atom. The molecule has 112 valence electrons. The Hall–Kier alpha value is -1.13. The molecule has 0 amide bonds. The molecule has 21 heavy (non-hydrogen) atoms. The Labute approximate surface area is 134 Å². The fourth-order valence-electron chi connectivity index (χ4n) is 3.15. The van der Waals surface area contributed by atoms with Crippen molar-refractivity contribution in [3.05, 3.63) is 51.8 Å². The van der Waals surface area contributed by atoms with Crippen molar-refractivity contribution in [1.82, 2.24) is 9.78 Å². The van der Waals surface area contributed by atoms with Crippen LogP contribution in [0, 0.1) is 6.92 Å². The molecule has 1 heterocycles. The predicted octanol–water partition coefficient (Wildman–Crippen LogP) is 4.35. The Morgan fingerprint density at radius 1 is 1.33 bits per heavy atom. The van der Waals surface area contributed by atoms with Gasteiger partial charge in [-0.3, -0.25) is 4.68 Å². The highest BCUT2D eigenvalue weighted by atomic mass is 79.9. The second kappa shape index (κ2) is 6.32. The molecule has 1 aromatic carbocycles. The average Bonchev–Trinajstić information content (AvgIpc) is 3.12. The van der Waals surface area contributed by atoms with Gasteiger partial charge in [-0.05, 0) is 43.0 Å². The molecule has 4 heteroatoms. The molecule has 3 nitrogen and oxygen atoms in total. The topological polar surface area (TPSA) is 38.0 Å². The predicted molar refractivity (Wildman–Crippen MR) is 87.3 cm³/mol. The zero-order valence-electron chi connectivity index (χ0n) is 12.3. The average molecular weight is 349 g/mol. The Balaban J connectivity index is 1.72. The third-order valence-electron chi connectivity index (χ3n) is 4.43. The van der Waals surface area contributed by atoms with Crippen LogP contribution < -0.4 is 0 Å². The maximum absolute atomic E-state index is 10.5. The number of aliphatic hydroxyl groups is 1. The van der Waals surface area contributed by atoms with Crippen LogP contribution in [-0.4, -0.2) is 14.9 Å². The van der Waals surface area contributed by atoms with Gasteiger partial charge in [-0.1, -0.05) is 40.9 Å². The van der Waals surface area contributed by atoms with E-state index in [1.54, 1.807) is 0 Å². The van der Waals surface area contributed by atoms with Crippen LogP contribution >= 0.6 is 15.9 Å². The van der Waals surface area contributed by atoms with Crippen LogP contribution in [0.5, 0.6) is 0 Å². The van der Waals surface area contributed by atoms with E-state index in [1.165, 1.54) is 25.7 Å². The molecule has 3 rings (SSSR count). The van der Waals surface area contributed by atoms with Gasteiger partial charge in [0, 0.05) is 17.1 Å². The van der Waals surface area contributed by atoms with Gasteiger partial charge < -0.3 is 5.11 Å². The van der Waals surface area contributed by atoms with Gasteiger partial charge in [0.05, 0.1) is 17.8 Å². The molecule has 1 unspecified atom stereocenters. The number of hydrogen-bond acceptors (Lipinski definition) is 2. The van der Waals surface area contributed by atoms with Crippen LogP contribution in [0.2, 0.25) is 0 Å². The maximum atomic E-state index is 10.5. The highest BCUT2D eigenvalue weighted by molar-refractivity contribution is 9.10.